The van der Waals surface area contributed by atoms with Crippen LogP contribution in [0.1, 0.15) is 5.56 Å². The fourth-order valence-corrected chi connectivity index (χ4v) is 5.17. The van der Waals surface area contributed by atoms with Gasteiger partial charge in [0, 0.05) is 37.3 Å². The lowest BCUT2D eigenvalue weighted by Gasteiger charge is -2.23. The minimum Gasteiger partial charge on any atom is -0.325 e. The highest BCUT2D eigenvalue weighted by Crippen LogP contribution is 2.28. The first kappa shape index (κ1) is 24.0. The molecule has 0 aliphatic carbocycles. The fraction of sp³-hybridized carbons (Fsp3) is 0.0952. The van der Waals surface area contributed by atoms with Crippen LogP contribution < -0.4 is 5.32 Å². The molecule has 0 radical (unpaired) electrons. The van der Waals surface area contributed by atoms with Crippen LogP contribution in [0.2, 0.25) is 15.1 Å². The van der Waals surface area contributed by atoms with Gasteiger partial charge >= 0.3 is 0 Å². The Morgan fingerprint density at radius 1 is 0.935 bits per heavy atom. The third-order valence-corrected chi connectivity index (χ3v) is 7.54. The van der Waals surface area contributed by atoms with Gasteiger partial charge in [-0.25, -0.2) is 8.42 Å². The van der Waals surface area contributed by atoms with E-state index in [-0.39, 0.29) is 11.4 Å². The minimum absolute atomic E-state index is 0.00432. The van der Waals surface area contributed by atoms with Gasteiger partial charge in [0.05, 0.1) is 11.4 Å². The Bertz CT molecular complexity index is 1180. The molecular formula is C21H16BrCl3N2O3S. The van der Waals surface area contributed by atoms with E-state index < -0.39 is 22.5 Å². The summed E-state index contributed by atoms with van der Waals surface area (Å²) in [4.78, 5) is 12.7. The highest BCUT2D eigenvalue weighted by Gasteiger charge is 2.28. The number of anilines is 1. The molecule has 3 rings (SSSR count). The highest BCUT2D eigenvalue weighted by atomic mass is 79.9. The Hall–Kier alpha value is -1.61. The molecular weight excluding hydrogens is 547 g/mol. The highest BCUT2D eigenvalue weighted by molar-refractivity contribution is 9.10. The molecule has 10 heteroatoms. The van der Waals surface area contributed by atoms with Gasteiger partial charge in [0.2, 0.25) is 15.9 Å². The van der Waals surface area contributed by atoms with E-state index in [4.69, 9.17) is 34.8 Å². The lowest BCUT2D eigenvalue weighted by atomic mass is 10.2. The number of carbonyl (C=O) groups is 1. The fourth-order valence-electron chi connectivity index (χ4n) is 2.77. The van der Waals surface area contributed by atoms with Gasteiger partial charge in [0.25, 0.3) is 0 Å². The normalized spacial score (nSPS) is 11.5. The van der Waals surface area contributed by atoms with Gasteiger partial charge in [-0.15, -0.1) is 0 Å². The number of sulfonamides is 1. The van der Waals surface area contributed by atoms with E-state index in [0.29, 0.717) is 26.3 Å². The van der Waals surface area contributed by atoms with Crippen molar-refractivity contribution >= 4 is 72.4 Å². The number of halogens is 4. The van der Waals surface area contributed by atoms with Crippen LogP contribution in [0.15, 0.2) is 76.1 Å². The molecule has 0 atom stereocenters. The monoisotopic (exact) mass is 560 g/mol. The van der Waals surface area contributed by atoms with Crippen molar-refractivity contribution in [2.45, 2.75) is 11.4 Å². The van der Waals surface area contributed by atoms with Crippen molar-refractivity contribution < 1.29 is 13.2 Å². The molecule has 0 aromatic heterocycles. The molecule has 31 heavy (non-hydrogen) atoms. The third kappa shape index (κ3) is 6.22. The lowest BCUT2D eigenvalue weighted by Crippen LogP contribution is -2.37. The zero-order valence-corrected chi connectivity index (χ0v) is 20.5. The number of hydrogen-bond donors (Lipinski definition) is 1. The van der Waals surface area contributed by atoms with Crippen LogP contribution in [0.3, 0.4) is 0 Å². The smallest absolute Gasteiger partial charge is 0.243 e. The summed E-state index contributed by atoms with van der Waals surface area (Å²) in [6, 6.07) is 17.6. The van der Waals surface area contributed by atoms with Crippen LogP contribution >= 0.6 is 50.7 Å². The van der Waals surface area contributed by atoms with E-state index in [9.17, 15) is 13.2 Å². The number of rotatable bonds is 7. The second kappa shape index (κ2) is 10.3. The van der Waals surface area contributed by atoms with Crippen LogP contribution in [-0.4, -0.2) is 25.2 Å². The molecule has 1 amide bonds. The average Bonchev–Trinajstić information content (AvgIpc) is 2.70. The van der Waals surface area contributed by atoms with Crippen molar-refractivity contribution in [3.8, 4) is 0 Å². The largest absolute Gasteiger partial charge is 0.325 e. The first-order valence-corrected chi connectivity index (χ1v) is 12.3. The van der Waals surface area contributed by atoms with Gasteiger partial charge in [-0.2, -0.15) is 4.31 Å². The van der Waals surface area contributed by atoms with Gasteiger partial charge in [-0.3, -0.25) is 4.79 Å². The summed E-state index contributed by atoms with van der Waals surface area (Å²) in [5.41, 5.74) is 0.928. The Morgan fingerprint density at radius 2 is 1.55 bits per heavy atom. The van der Waals surface area contributed by atoms with E-state index >= 15 is 0 Å². The molecule has 0 spiro atoms. The van der Waals surface area contributed by atoms with Gasteiger partial charge in [0.15, 0.2) is 0 Å². The lowest BCUT2D eigenvalue weighted by molar-refractivity contribution is -0.116. The summed E-state index contributed by atoms with van der Waals surface area (Å²) in [6.07, 6.45) is 0. The van der Waals surface area contributed by atoms with Crippen molar-refractivity contribution in [3.63, 3.8) is 0 Å². The van der Waals surface area contributed by atoms with Crippen LogP contribution in [0, 0.1) is 0 Å². The molecule has 0 heterocycles. The van der Waals surface area contributed by atoms with Gasteiger partial charge in [-0.05, 0) is 54.6 Å². The Labute approximate surface area is 204 Å². The van der Waals surface area contributed by atoms with E-state index in [1.165, 1.54) is 24.3 Å². The molecule has 5 nitrogen and oxygen atoms in total. The van der Waals surface area contributed by atoms with E-state index in [0.717, 1.165) is 8.78 Å². The van der Waals surface area contributed by atoms with E-state index in [1.54, 1.807) is 36.4 Å². The maximum absolute atomic E-state index is 13.3. The van der Waals surface area contributed by atoms with Crippen molar-refractivity contribution in [2.24, 2.45) is 0 Å². The standard InChI is InChI=1S/C21H16BrCl3N2O3S/c22-14-3-1-4-16(11-14)26-21(28)13-27(12-18-19(24)5-2-6-20(18)25)31(29,30)17-9-7-15(23)8-10-17/h1-11H,12-13H2,(H,26,28). The van der Waals surface area contributed by atoms with Crippen molar-refractivity contribution in [3.05, 3.63) is 91.8 Å². The topological polar surface area (TPSA) is 66.5 Å². The molecule has 1 N–H and O–H groups in total. The summed E-state index contributed by atoms with van der Waals surface area (Å²) in [5.74, 6) is -0.515. The van der Waals surface area contributed by atoms with E-state index in [2.05, 4.69) is 21.2 Å². The SMILES string of the molecule is O=C(CN(Cc1c(Cl)cccc1Cl)S(=O)(=O)c1ccc(Cl)cc1)Nc1cccc(Br)c1. The zero-order valence-electron chi connectivity index (χ0n) is 15.9. The summed E-state index contributed by atoms with van der Waals surface area (Å²) in [5, 5.41) is 3.70. The number of nitrogens with one attached hydrogen (secondary N) is 1. The predicted molar refractivity (Wildman–Crippen MR) is 128 cm³/mol. The van der Waals surface area contributed by atoms with Gasteiger partial charge in [0.1, 0.15) is 0 Å². The van der Waals surface area contributed by atoms with E-state index in [1.807, 2.05) is 6.07 Å². The molecule has 0 saturated heterocycles. The first-order chi connectivity index (χ1) is 14.7. The maximum Gasteiger partial charge on any atom is 0.243 e. The molecule has 0 unspecified atom stereocenters. The molecule has 0 fully saturated rings. The minimum atomic E-state index is -4.06. The average molecular weight is 563 g/mol. The Balaban J connectivity index is 1.93. The second-order valence-corrected chi connectivity index (χ2v) is 10.6. The molecule has 0 aliphatic rings. The predicted octanol–water partition coefficient (Wildman–Crippen LogP) is 6.24. The molecule has 0 aliphatic heterocycles. The van der Waals surface area contributed by atoms with Crippen molar-refractivity contribution in [1.29, 1.82) is 0 Å². The van der Waals surface area contributed by atoms with Gasteiger partial charge in [-0.1, -0.05) is 62.9 Å². The summed E-state index contributed by atoms with van der Waals surface area (Å²) in [6.45, 7) is -0.631. The molecule has 0 saturated carbocycles. The van der Waals surface area contributed by atoms with Gasteiger partial charge < -0.3 is 5.32 Å². The summed E-state index contributed by atoms with van der Waals surface area (Å²) in [7, 11) is -4.06. The summed E-state index contributed by atoms with van der Waals surface area (Å²) >= 11 is 21.7. The van der Waals surface area contributed by atoms with Crippen LogP contribution in [0.5, 0.6) is 0 Å². The van der Waals surface area contributed by atoms with Crippen LogP contribution in [0.4, 0.5) is 5.69 Å². The third-order valence-electron chi connectivity index (χ3n) is 4.28. The maximum atomic E-state index is 13.3. The molecule has 3 aromatic rings. The number of amides is 1. The molecule has 162 valence electrons. The zero-order chi connectivity index (χ0) is 22.6. The molecule has 3 aromatic carbocycles. The number of carbonyl (C=O) groups excluding carboxylic acids is 1. The van der Waals surface area contributed by atoms with Crippen molar-refractivity contribution in [1.82, 2.24) is 4.31 Å². The van der Waals surface area contributed by atoms with Crippen molar-refractivity contribution in [2.75, 3.05) is 11.9 Å². The van der Waals surface area contributed by atoms with Crippen LogP contribution in [-0.2, 0) is 21.4 Å². The number of benzene rings is 3. The Kier molecular flexibility index (Phi) is 8.02. The Morgan fingerprint density at radius 3 is 2.16 bits per heavy atom. The summed E-state index contributed by atoms with van der Waals surface area (Å²) < 4.78 is 28.4. The van der Waals surface area contributed by atoms with Crippen LogP contribution in [0.25, 0.3) is 0 Å². The first-order valence-electron chi connectivity index (χ1n) is 8.91. The molecule has 0 bridgehead atoms. The number of hydrogen-bond acceptors (Lipinski definition) is 3. The quantitative estimate of drug-likeness (QED) is 0.371. The second-order valence-electron chi connectivity index (χ2n) is 6.49. The number of nitrogens with zero attached hydrogens (tertiary/aromatic N) is 1.